The standard InChI is InChI=1S/C23H24O4S/c1-27-23-13-6-5-11-22(23)21(19-9-3-2-4-10-19)12-7-8-18-14-16-20(17-15-18)28(24,25)26/h2-6,9-11,13-17,21H,7-8,12H2,1H3,(H,24,25,26). The molecule has 3 aromatic rings. The minimum absolute atomic E-state index is 0.0764. The first-order valence-electron chi connectivity index (χ1n) is 9.23. The molecule has 0 aliphatic heterocycles. The fourth-order valence-electron chi connectivity index (χ4n) is 3.48. The molecule has 0 spiro atoms. The van der Waals surface area contributed by atoms with Gasteiger partial charge in [0.15, 0.2) is 0 Å². The lowest BCUT2D eigenvalue weighted by molar-refractivity contribution is 0.406. The van der Waals surface area contributed by atoms with Gasteiger partial charge in [0.05, 0.1) is 12.0 Å². The SMILES string of the molecule is COc1ccccc1C(CCCc1ccc(S(=O)(=O)O)cc1)c1ccccc1. The molecule has 5 heteroatoms. The Bertz CT molecular complexity index is 996. The molecular weight excluding hydrogens is 372 g/mol. The molecular formula is C23H24O4S. The average molecular weight is 397 g/mol. The van der Waals surface area contributed by atoms with E-state index in [9.17, 15) is 8.42 Å². The van der Waals surface area contributed by atoms with E-state index in [1.54, 1.807) is 19.2 Å². The summed E-state index contributed by atoms with van der Waals surface area (Å²) >= 11 is 0. The molecule has 1 atom stereocenters. The minimum Gasteiger partial charge on any atom is -0.496 e. The first kappa shape index (κ1) is 20.1. The predicted molar refractivity (Wildman–Crippen MR) is 110 cm³/mol. The molecule has 0 heterocycles. The number of para-hydroxylation sites is 1. The second-order valence-corrected chi connectivity index (χ2v) is 8.14. The van der Waals surface area contributed by atoms with E-state index in [1.165, 1.54) is 17.7 Å². The number of ether oxygens (including phenoxy) is 1. The zero-order valence-corrected chi connectivity index (χ0v) is 16.6. The Labute approximate surface area is 166 Å². The van der Waals surface area contributed by atoms with Crippen LogP contribution in [0.3, 0.4) is 0 Å². The lowest BCUT2D eigenvalue weighted by atomic mass is 9.86. The number of aryl methyl sites for hydroxylation is 1. The lowest BCUT2D eigenvalue weighted by Crippen LogP contribution is -2.04. The van der Waals surface area contributed by atoms with Crippen LogP contribution in [-0.2, 0) is 16.5 Å². The van der Waals surface area contributed by atoms with Crippen molar-refractivity contribution in [1.82, 2.24) is 0 Å². The van der Waals surface area contributed by atoms with Gasteiger partial charge in [-0.25, -0.2) is 0 Å². The van der Waals surface area contributed by atoms with E-state index in [2.05, 4.69) is 18.2 Å². The summed E-state index contributed by atoms with van der Waals surface area (Å²) in [6.45, 7) is 0. The quantitative estimate of drug-likeness (QED) is 0.538. The van der Waals surface area contributed by atoms with Crippen LogP contribution in [0.1, 0.15) is 35.4 Å². The van der Waals surface area contributed by atoms with Gasteiger partial charge < -0.3 is 4.74 Å². The Balaban J connectivity index is 1.76. The van der Waals surface area contributed by atoms with Crippen molar-refractivity contribution in [1.29, 1.82) is 0 Å². The van der Waals surface area contributed by atoms with Crippen molar-refractivity contribution in [3.05, 3.63) is 95.6 Å². The van der Waals surface area contributed by atoms with E-state index in [0.29, 0.717) is 0 Å². The zero-order chi connectivity index (χ0) is 20.0. The Morgan fingerprint density at radius 3 is 2.18 bits per heavy atom. The van der Waals surface area contributed by atoms with E-state index >= 15 is 0 Å². The topological polar surface area (TPSA) is 63.6 Å². The first-order chi connectivity index (χ1) is 13.5. The Kier molecular flexibility index (Phi) is 6.49. The van der Waals surface area contributed by atoms with Gasteiger partial charge in [-0.3, -0.25) is 4.55 Å². The van der Waals surface area contributed by atoms with Crippen LogP contribution in [0.5, 0.6) is 5.75 Å². The van der Waals surface area contributed by atoms with Gasteiger partial charge in [0.2, 0.25) is 0 Å². The largest absolute Gasteiger partial charge is 0.496 e. The average Bonchev–Trinajstić information content (AvgIpc) is 2.71. The van der Waals surface area contributed by atoms with Crippen molar-refractivity contribution in [2.75, 3.05) is 7.11 Å². The maximum Gasteiger partial charge on any atom is 0.294 e. The van der Waals surface area contributed by atoms with Gasteiger partial charge in [-0.15, -0.1) is 0 Å². The molecule has 146 valence electrons. The molecule has 1 unspecified atom stereocenters. The van der Waals surface area contributed by atoms with Crippen LogP contribution in [0, 0.1) is 0 Å². The molecule has 0 aliphatic carbocycles. The molecule has 0 radical (unpaired) electrons. The summed E-state index contributed by atoms with van der Waals surface area (Å²) in [6.07, 6.45) is 2.69. The van der Waals surface area contributed by atoms with Crippen LogP contribution < -0.4 is 4.74 Å². The summed E-state index contributed by atoms with van der Waals surface area (Å²) in [5, 5.41) is 0. The summed E-state index contributed by atoms with van der Waals surface area (Å²) in [5.74, 6) is 1.10. The molecule has 0 saturated carbocycles. The Hall–Kier alpha value is -2.63. The Morgan fingerprint density at radius 1 is 0.893 bits per heavy atom. The van der Waals surface area contributed by atoms with Crippen LogP contribution in [0.25, 0.3) is 0 Å². The molecule has 3 aromatic carbocycles. The number of hydrogen-bond acceptors (Lipinski definition) is 3. The maximum atomic E-state index is 11.2. The summed E-state index contributed by atoms with van der Waals surface area (Å²) in [5.41, 5.74) is 3.45. The van der Waals surface area contributed by atoms with E-state index in [0.717, 1.165) is 36.1 Å². The van der Waals surface area contributed by atoms with E-state index < -0.39 is 10.1 Å². The van der Waals surface area contributed by atoms with Crippen LogP contribution in [0.2, 0.25) is 0 Å². The van der Waals surface area contributed by atoms with Gasteiger partial charge >= 0.3 is 0 Å². The molecule has 0 fully saturated rings. The summed E-state index contributed by atoms with van der Waals surface area (Å²) < 4.78 is 37.0. The summed E-state index contributed by atoms with van der Waals surface area (Å²) in [6, 6.07) is 24.9. The lowest BCUT2D eigenvalue weighted by Gasteiger charge is -2.20. The van der Waals surface area contributed by atoms with Gasteiger partial charge in [0.25, 0.3) is 10.1 Å². The molecule has 0 amide bonds. The fourth-order valence-corrected chi connectivity index (χ4v) is 3.96. The number of benzene rings is 3. The third-order valence-electron chi connectivity index (χ3n) is 4.90. The van der Waals surface area contributed by atoms with Crippen molar-refractivity contribution < 1.29 is 17.7 Å². The van der Waals surface area contributed by atoms with Crippen molar-refractivity contribution in [2.24, 2.45) is 0 Å². The predicted octanol–water partition coefficient (Wildman–Crippen LogP) is 5.10. The van der Waals surface area contributed by atoms with E-state index in [4.69, 9.17) is 9.29 Å². The Morgan fingerprint density at radius 2 is 1.54 bits per heavy atom. The summed E-state index contributed by atoms with van der Waals surface area (Å²) in [4.78, 5) is -0.0764. The molecule has 1 N–H and O–H groups in total. The highest BCUT2D eigenvalue weighted by atomic mass is 32.2. The van der Waals surface area contributed by atoms with Crippen molar-refractivity contribution in [3.63, 3.8) is 0 Å². The van der Waals surface area contributed by atoms with Crippen molar-refractivity contribution in [3.8, 4) is 5.75 Å². The molecule has 0 bridgehead atoms. The normalized spacial score (nSPS) is 12.5. The molecule has 0 aromatic heterocycles. The van der Waals surface area contributed by atoms with Gasteiger partial charge in [-0.2, -0.15) is 8.42 Å². The highest BCUT2D eigenvalue weighted by Crippen LogP contribution is 2.35. The van der Waals surface area contributed by atoms with Crippen LogP contribution >= 0.6 is 0 Å². The van der Waals surface area contributed by atoms with Crippen molar-refractivity contribution >= 4 is 10.1 Å². The third kappa shape index (κ3) is 5.00. The molecule has 4 nitrogen and oxygen atoms in total. The van der Waals surface area contributed by atoms with Crippen LogP contribution in [-0.4, -0.2) is 20.1 Å². The monoisotopic (exact) mass is 396 g/mol. The summed E-state index contributed by atoms with van der Waals surface area (Å²) in [7, 11) is -2.46. The van der Waals surface area contributed by atoms with E-state index in [1.807, 2.05) is 36.4 Å². The first-order valence-corrected chi connectivity index (χ1v) is 10.7. The molecule has 0 saturated heterocycles. The van der Waals surface area contributed by atoms with Gasteiger partial charge in [-0.05, 0) is 48.6 Å². The maximum absolute atomic E-state index is 11.2. The molecule has 0 aliphatic rings. The smallest absolute Gasteiger partial charge is 0.294 e. The van der Waals surface area contributed by atoms with E-state index in [-0.39, 0.29) is 10.8 Å². The van der Waals surface area contributed by atoms with Gasteiger partial charge in [0, 0.05) is 11.5 Å². The van der Waals surface area contributed by atoms with Crippen molar-refractivity contribution in [2.45, 2.75) is 30.1 Å². The van der Waals surface area contributed by atoms with Gasteiger partial charge in [0.1, 0.15) is 5.75 Å². The molecule has 28 heavy (non-hydrogen) atoms. The fraction of sp³-hybridized carbons (Fsp3) is 0.217. The number of rotatable bonds is 8. The number of methoxy groups -OCH3 is 1. The minimum atomic E-state index is -4.15. The van der Waals surface area contributed by atoms with Gasteiger partial charge in [-0.1, -0.05) is 60.7 Å². The highest BCUT2D eigenvalue weighted by Gasteiger charge is 2.18. The number of hydrogen-bond donors (Lipinski definition) is 1. The molecule has 3 rings (SSSR count). The van der Waals surface area contributed by atoms with Crippen LogP contribution in [0.15, 0.2) is 83.8 Å². The highest BCUT2D eigenvalue weighted by molar-refractivity contribution is 7.85. The second-order valence-electron chi connectivity index (χ2n) is 6.72. The van der Waals surface area contributed by atoms with Crippen LogP contribution in [0.4, 0.5) is 0 Å². The zero-order valence-electron chi connectivity index (χ0n) is 15.8. The third-order valence-corrected chi connectivity index (χ3v) is 5.76. The second kappa shape index (κ2) is 9.04.